The zero-order chi connectivity index (χ0) is 16.5. The molecule has 0 saturated heterocycles. The molecule has 0 atom stereocenters. The second-order valence-corrected chi connectivity index (χ2v) is 6.95. The molecule has 0 aliphatic heterocycles. The third-order valence-electron chi connectivity index (χ3n) is 3.34. The van der Waals surface area contributed by atoms with E-state index in [-0.39, 0.29) is 28.5 Å². The molecule has 2 rings (SSSR count). The summed E-state index contributed by atoms with van der Waals surface area (Å²) in [6.45, 7) is 3.03. The van der Waals surface area contributed by atoms with E-state index in [9.17, 15) is 18.3 Å². The second kappa shape index (κ2) is 5.94. The lowest BCUT2D eigenvalue weighted by atomic mass is 10.2. The number of carboxylic acid groups (broad SMARTS) is 1. The summed E-state index contributed by atoms with van der Waals surface area (Å²) in [6, 6.07) is 9.07. The summed E-state index contributed by atoms with van der Waals surface area (Å²) >= 11 is 0. The maximum absolute atomic E-state index is 12.7. The molecule has 0 aliphatic rings. The Labute approximate surface area is 129 Å². The van der Waals surface area contributed by atoms with Crippen molar-refractivity contribution in [1.82, 2.24) is 4.31 Å². The normalized spacial score (nSPS) is 11.8. The van der Waals surface area contributed by atoms with Crippen molar-refractivity contribution in [2.75, 3.05) is 7.05 Å². The van der Waals surface area contributed by atoms with Gasteiger partial charge < -0.3 is 9.52 Å². The molecule has 1 N–H and O–H groups in total. The monoisotopic (exact) mass is 323 g/mol. The highest BCUT2D eigenvalue weighted by Crippen LogP contribution is 2.29. The number of aryl methyl sites for hydroxylation is 2. The van der Waals surface area contributed by atoms with Gasteiger partial charge in [0.2, 0.25) is 10.0 Å². The lowest BCUT2D eigenvalue weighted by molar-refractivity contribution is 0.0691. The summed E-state index contributed by atoms with van der Waals surface area (Å²) in [5.74, 6) is -1.16. The van der Waals surface area contributed by atoms with Crippen molar-refractivity contribution in [3.63, 3.8) is 0 Å². The van der Waals surface area contributed by atoms with Gasteiger partial charge in [-0.2, -0.15) is 4.31 Å². The quantitative estimate of drug-likeness (QED) is 0.913. The minimum absolute atomic E-state index is 0.0785. The lowest BCUT2D eigenvalue weighted by Gasteiger charge is -2.17. The van der Waals surface area contributed by atoms with Gasteiger partial charge in [-0.1, -0.05) is 30.3 Å². The number of carbonyl (C=O) groups is 1. The van der Waals surface area contributed by atoms with Gasteiger partial charge in [-0.3, -0.25) is 0 Å². The molecule has 0 aliphatic carbocycles. The van der Waals surface area contributed by atoms with Crippen molar-refractivity contribution in [2.24, 2.45) is 0 Å². The van der Waals surface area contributed by atoms with Crippen LogP contribution in [0.3, 0.4) is 0 Å². The van der Waals surface area contributed by atoms with E-state index in [1.54, 1.807) is 12.1 Å². The molecule has 2 aromatic rings. The van der Waals surface area contributed by atoms with Crippen LogP contribution in [0.25, 0.3) is 0 Å². The fourth-order valence-electron chi connectivity index (χ4n) is 2.30. The van der Waals surface area contributed by atoms with Crippen LogP contribution in [-0.4, -0.2) is 30.8 Å². The van der Waals surface area contributed by atoms with Gasteiger partial charge in [0.1, 0.15) is 22.0 Å². The van der Waals surface area contributed by atoms with Crippen LogP contribution in [0.2, 0.25) is 0 Å². The average molecular weight is 323 g/mol. The summed E-state index contributed by atoms with van der Waals surface area (Å²) in [5.41, 5.74) is 0.501. The standard InChI is InChI=1S/C15H17NO5S/c1-10-13(15(17)18)14(11(2)21-10)22(19,20)16(3)9-12-7-5-4-6-8-12/h4-8H,9H2,1-3H3,(H,17,18). The van der Waals surface area contributed by atoms with Crippen molar-refractivity contribution < 1.29 is 22.7 Å². The zero-order valence-corrected chi connectivity index (χ0v) is 13.3. The van der Waals surface area contributed by atoms with E-state index in [1.807, 2.05) is 18.2 Å². The topological polar surface area (TPSA) is 87.8 Å². The number of carboxylic acids is 1. The molecule has 0 fully saturated rings. The Morgan fingerprint density at radius 1 is 1.18 bits per heavy atom. The van der Waals surface area contributed by atoms with Crippen molar-refractivity contribution in [2.45, 2.75) is 25.3 Å². The minimum atomic E-state index is -3.96. The van der Waals surface area contributed by atoms with Gasteiger partial charge in [0, 0.05) is 13.6 Å². The predicted octanol–water partition coefficient (Wildman–Crippen LogP) is 2.42. The number of furan rings is 1. The van der Waals surface area contributed by atoms with Crippen molar-refractivity contribution in [3.05, 3.63) is 53.0 Å². The average Bonchev–Trinajstić information content (AvgIpc) is 2.75. The third kappa shape index (κ3) is 2.90. The maximum Gasteiger partial charge on any atom is 0.340 e. The SMILES string of the molecule is Cc1oc(C)c(S(=O)(=O)N(C)Cc2ccccc2)c1C(=O)O. The molecule has 6 nitrogen and oxygen atoms in total. The molecule has 0 radical (unpaired) electrons. The van der Waals surface area contributed by atoms with E-state index in [1.165, 1.54) is 20.9 Å². The number of sulfonamides is 1. The summed E-state index contributed by atoms with van der Waals surface area (Å²) < 4.78 is 31.7. The highest BCUT2D eigenvalue weighted by molar-refractivity contribution is 7.89. The van der Waals surface area contributed by atoms with Crippen molar-refractivity contribution in [3.8, 4) is 0 Å². The Morgan fingerprint density at radius 3 is 2.32 bits per heavy atom. The molecule has 1 heterocycles. The van der Waals surface area contributed by atoms with E-state index in [0.717, 1.165) is 9.87 Å². The first-order chi connectivity index (χ1) is 10.2. The number of rotatable bonds is 5. The molecular weight excluding hydrogens is 306 g/mol. The maximum atomic E-state index is 12.7. The molecule has 0 saturated carbocycles. The molecule has 1 aromatic heterocycles. The third-order valence-corrected chi connectivity index (χ3v) is 5.29. The number of benzene rings is 1. The largest absolute Gasteiger partial charge is 0.478 e. The Kier molecular flexibility index (Phi) is 4.39. The smallest absolute Gasteiger partial charge is 0.340 e. The van der Waals surface area contributed by atoms with E-state index in [0.29, 0.717) is 0 Å². The van der Waals surface area contributed by atoms with E-state index in [2.05, 4.69) is 0 Å². The number of hydrogen-bond donors (Lipinski definition) is 1. The minimum Gasteiger partial charge on any atom is -0.478 e. The van der Waals surface area contributed by atoms with Crippen LogP contribution in [0.5, 0.6) is 0 Å². The Morgan fingerprint density at radius 2 is 1.77 bits per heavy atom. The van der Waals surface area contributed by atoms with Gasteiger partial charge in [-0.25, -0.2) is 13.2 Å². The van der Waals surface area contributed by atoms with Crippen LogP contribution < -0.4 is 0 Å². The Bertz CT molecular complexity index is 793. The summed E-state index contributed by atoms with van der Waals surface area (Å²) in [5, 5.41) is 9.25. The Balaban J connectivity index is 2.45. The molecule has 0 unspecified atom stereocenters. The van der Waals surface area contributed by atoms with Gasteiger partial charge in [0.05, 0.1) is 0 Å². The van der Waals surface area contributed by atoms with Crippen LogP contribution in [0.1, 0.15) is 27.4 Å². The van der Waals surface area contributed by atoms with Crippen LogP contribution in [0, 0.1) is 13.8 Å². The molecular formula is C15H17NO5S. The molecule has 0 spiro atoms. The summed E-state index contributed by atoms with van der Waals surface area (Å²) in [4.78, 5) is 11.1. The summed E-state index contributed by atoms with van der Waals surface area (Å²) in [7, 11) is -2.55. The predicted molar refractivity (Wildman–Crippen MR) is 80.2 cm³/mol. The second-order valence-electron chi connectivity index (χ2n) is 4.97. The van der Waals surface area contributed by atoms with Crippen LogP contribution >= 0.6 is 0 Å². The number of hydrogen-bond acceptors (Lipinski definition) is 4. The van der Waals surface area contributed by atoms with Crippen molar-refractivity contribution in [1.29, 1.82) is 0 Å². The van der Waals surface area contributed by atoms with Crippen LogP contribution in [-0.2, 0) is 16.6 Å². The Hall–Kier alpha value is -2.12. The van der Waals surface area contributed by atoms with Gasteiger partial charge in [0.25, 0.3) is 0 Å². The first-order valence-corrected chi connectivity index (χ1v) is 8.02. The zero-order valence-electron chi connectivity index (χ0n) is 12.5. The fourth-order valence-corrected chi connectivity index (χ4v) is 3.83. The van der Waals surface area contributed by atoms with E-state index in [4.69, 9.17) is 4.42 Å². The number of nitrogens with zero attached hydrogens (tertiary/aromatic N) is 1. The van der Waals surface area contributed by atoms with Crippen LogP contribution in [0.15, 0.2) is 39.6 Å². The van der Waals surface area contributed by atoms with E-state index < -0.39 is 16.0 Å². The lowest BCUT2D eigenvalue weighted by Crippen LogP contribution is -2.28. The summed E-state index contributed by atoms with van der Waals surface area (Å²) in [6.07, 6.45) is 0. The van der Waals surface area contributed by atoms with E-state index >= 15 is 0 Å². The number of aromatic carboxylic acids is 1. The molecule has 7 heteroatoms. The van der Waals surface area contributed by atoms with Gasteiger partial charge in [-0.05, 0) is 19.4 Å². The van der Waals surface area contributed by atoms with Crippen molar-refractivity contribution >= 4 is 16.0 Å². The highest BCUT2D eigenvalue weighted by atomic mass is 32.2. The van der Waals surface area contributed by atoms with Crippen LogP contribution in [0.4, 0.5) is 0 Å². The van der Waals surface area contributed by atoms with Gasteiger partial charge >= 0.3 is 5.97 Å². The molecule has 1 aromatic carbocycles. The molecule has 118 valence electrons. The first-order valence-electron chi connectivity index (χ1n) is 6.58. The molecule has 0 amide bonds. The molecule has 22 heavy (non-hydrogen) atoms. The highest BCUT2D eigenvalue weighted by Gasteiger charge is 2.33. The first kappa shape index (κ1) is 16.3. The van der Waals surface area contributed by atoms with Gasteiger partial charge in [0.15, 0.2) is 0 Å². The molecule has 0 bridgehead atoms. The fraction of sp³-hybridized carbons (Fsp3) is 0.267. The van der Waals surface area contributed by atoms with Gasteiger partial charge in [-0.15, -0.1) is 0 Å².